The number of Topliss-reactive ketones (excluding diaryl/α,β-unsaturated/α-hetero) is 1. The van der Waals surface area contributed by atoms with Crippen LogP contribution in [0.25, 0.3) is 0 Å². The van der Waals surface area contributed by atoms with Gasteiger partial charge >= 0.3 is 0 Å². The molecular weight excluding hydrogens is 209 g/mol. The minimum Gasteiger partial charge on any atom is -0.379 e. The molecule has 0 amide bonds. The van der Waals surface area contributed by atoms with Crippen molar-refractivity contribution < 1.29 is 13.9 Å². The maximum absolute atomic E-state index is 13.0. The fraction of sp³-hybridized carbons (Fsp3) is 0.417. The van der Waals surface area contributed by atoms with Crippen LogP contribution in [0, 0.1) is 11.2 Å². The van der Waals surface area contributed by atoms with E-state index in [0.29, 0.717) is 18.8 Å². The van der Waals surface area contributed by atoms with E-state index < -0.39 is 11.2 Å². The van der Waals surface area contributed by atoms with E-state index in [1.54, 1.807) is 13.0 Å². The van der Waals surface area contributed by atoms with Crippen molar-refractivity contribution in [3.63, 3.8) is 0 Å². The number of nitrogens with two attached hydrogens (primary N) is 1. The minimum absolute atomic E-state index is 0.156. The third-order valence-corrected chi connectivity index (χ3v) is 3.12. The molecule has 0 bridgehead atoms. The summed E-state index contributed by atoms with van der Waals surface area (Å²) in [6.45, 7) is 2.43. The number of hydrogen-bond donors (Lipinski definition) is 1. The lowest BCUT2D eigenvalue weighted by atomic mass is 9.78. The van der Waals surface area contributed by atoms with Crippen LogP contribution in [0.1, 0.15) is 17.3 Å². The Morgan fingerprint density at radius 2 is 2.38 bits per heavy atom. The summed E-state index contributed by atoms with van der Waals surface area (Å²) >= 11 is 0. The second-order valence-corrected chi connectivity index (χ2v) is 4.38. The highest BCUT2D eigenvalue weighted by Crippen LogP contribution is 2.31. The minimum atomic E-state index is -0.742. The molecular formula is C12H14FNO2. The number of rotatable bonds is 2. The quantitative estimate of drug-likeness (QED) is 0.770. The normalized spacial score (nSPS) is 29.3. The summed E-state index contributed by atoms with van der Waals surface area (Å²) in [6.07, 6.45) is 0. The molecule has 16 heavy (non-hydrogen) atoms. The molecule has 0 radical (unpaired) electrons. The van der Waals surface area contributed by atoms with Crippen molar-refractivity contribution in [3.05, 3.63) is 35.6 Å². The van der Waals surface area contributed by atoms with Gasteiger partial charge in [0, 0.05) is 11.6 Å². The molecule has 2 atom stereocenters. The Morgan fingerprint density at radius 1 is 1.62 bits per heavy atom. The first-order valence-electron chi connectivity index (χ1n) is 5.18. The van der Waals surface area contributed by atoms with Gasteiger partial charge in [-0.2, -0.15) is 0 Å². The van der Waals surface area contributed by atoms with Crippen LogP contribution in [0.15, 0.2) is 24.3 Å². The summed E-state index contributed by atoms with van der Waals surface area (Å²) in [7, 11) is 0. The van der Waals surface area contributed by atoms with Crippen LogP contribution < -0.4 is 5.73 Å². The van der Waals surface area contributed by atoms with E-state index in [1.165, 1.54) is 18.2 Å². The van der Waals surface area contributed by atoms with Crippen LogP contribution in [0.2, 0.25) is 0 Å². The molecule has 0 spiro atoms. The van der Waals surface area contributed by atoms with Crippen LogP contribution >= 0.6 is 0 Å². The first-order chi connectivity index (χ1) is 7.54. The number of hydrogen-bond acceptors (Lipinski definition) is 3. The third kappa shape index (κ3) is 1.74. The SMILES string of the molecule is CC1(C(=O)c2cccc(F)c2)COCC1N. The Balaban J connectivity index is 2.32. The van der Waals surface area contributed by atoms with Crippen molar-refractivity contribution >= 4 is 5.78 Å². The van der Waals surface area contributed by atoms with E-state index in [1.807, 2.05) is 0 Å². The number of carbonyl (C=O) groups excluding carboxylic acids is 1. The molecule has 1 aliphatic rings. The molecule has 1 aromatic rings. The van der Waals surface area contributed by atoms with Gasteiger partial charge in [-0.25, -0.2) is 4.39 Å². The van der Waals surface area contributed by atoms with E-state index in [-0.39, 0.29) is 11.8 Å². The fourth-order valence-electron chi connectivity index (χ4n) is 1.88. The second kappa shape index (κ2) is 3.96. The van der Waals surface area contributed by atoms with Gasteiger partial charge in [0.2, 0.25) is 0 Å². The number of benzene rings is 1. The van der Waals surface area contributed by atoms with Crippen molar-refractivity contribution in [1.29, 1.82) is 0 Å². The number of halogens is 1. The average molecular weight is 223 g/mol. The summed E-state index contributed by atoms with van der Waals surface area (Å²) in [6, 6.07) is 5.33. The molecule has 1 heterocycles. The molecule has 2 unspecified atom stereocenters. The van der Waals surface area contributed by atoms with Gasteiger partial charge in [0.1, 0.15) is 5.82 Å². The Bertz CT molecular complexity index is 421. The Morgan fingerprint density at radius 3 is 2.94 bits per heavy atom. The van der Waals surface area contributed by atoms with Gasteiger partial charge in [-0.3, -0.25) is 4.79 Å². The summed E-state index contributed by atoms with van der Waals surface area (Å²) in [5.41, 5.74) is 5.46. The van der Waals surface area contributed by atoms with Crippen molar-refractivity contribution in [2.24, 2.45) is 11.1 Å². The van der Waals surface area contributed by atoms with Gasteiger partial charge in [-0.1, -0.05) is 12.1 Å². The van der Waals surface area contributed by atoms with Crippen LogP contribution in [0.3, 0.4) is 0 Å². The fourth-order valence-corrected chi connectivity index (χ4v) is 1.88. The molecule has 0 saturated carbocycles. The standard InChI is InChI=1S/C12H14FNO2/c1-12(7-16-6-10(12)14)11(15)8-3-2-4-9(13)5-8/h2-5,10H,6-7,14H2,1H3. The lowest BCUT2D eigenvalue weighted by molar-refractivity contribution is 0.0767. The molecule has 1 aliphatic heterocycles. The Labute approximate surface area is 93.4 Å². The van der Waals surface area contributed by atoms with Gasteiger partial charge in [-0.05, 0) is 19.1 Å². The molecule has 0 aliphatic carbocycles. The van der Waals surface area contributed by atoms with Crippen LogP contribution in [0.5, 0.6) is 0 Å². The molecule has 2 rings (SSSR count). The predicted molar refractivity (Wildman–Crippen MR) is 57.6 cm³/mol. The predicted octanol–water partition coefficient (Wildman–Crippen LogP) is 1.37. The highest BCUT2D eigenvalue weighted by molar-refractivity contribution is 6.01. The van der Waals surface area contributed by atoms with Crippen LogP contribution in [0.4, 0.5) is 4.39 Å². The van der Waals surface area contributed by atoms with Crippen molar-refractivity contribution in [2.45, 2.75) is 13.0 Å². The van der Waals surface area contributed by atoms with E-state index in [2.05, 4.69) is 0 Å². The molecule has 4 heteroatoms. The van der Waals surface area contributed by atoms with Crippen LogP contribution in [-0.2, 0) is 4.74 Å². The largest absolute Gasteiger partial charge is 0.379 e. The zero-order valence-electron chi connectivity index (χ0n) is 9.07. The highest BCUT2D eigenvalue weighted by atomic mass is 19.1. The van der Waals surface area contributed by atoms with E-state index in [4.69, 9.17) is 10.5 Å². The average Bonchev–Trinajstić information content (AvgIpc) is 2.59. The molecule has 86 valence electrons. The van der Waals surface area contributed by atoms with Crippen LogP contribution in [-0.4, -0.2) is 25.0 Å². The molecule has 0 aromatic heterocycles. The van der Waals surface area contributed by atoms with E-state index >= 15 is 0 Å². The Hall–Kier alpha value is -1.26. The van der Waals surface area contributed by atoms with Gasteiger partial charge < -0.3 is 10.5 Å². The molecule has 1 saturated heterocycles. The van der Waals surface area contributed by atoms with Gasteiger partial charge in [-0.15, -0.1) is 0 Å². The van der Waals surface area contributed by atoms with E-state index in [0.717, 1.165) is 0 Å². The zero-order chi connectivity index (χ0) is 11.8. The number of carbonyl (C=O) groups is 1. The molecule has 1 fully saturated rings. The zero-order valence-corrected chi connectivity index (χ0v) is 9.07. The maximum atomic E-state index is 13.0. The molecule has 3 nitrogen and oxygen atoms in total. The molecule has 1 aromatic carbocycles. The van der Waals surface area contributed by atoms with Crippen molar-refractivity contribution in [3.8, 4) is 0 Å². The second-order valence-electron chi connectivity index (χ2n) is 4.38. The topological polar surface area (TPSA) is 52.3 Å². The highest BCUT2D eigenvalue weighted by Gasteiger charge is 2.44. The maximum Gasteiger partial charge on any atom is 0.172 e. The summed E-state index contributed by atoms with van der Waals surface area (Å²) in [5, 5.41) is 0. The third-order valence-electron chi connectivity index (χ3n) is 3.12. The number of ketones is 1. The first kappa shape index (κ1) is 11.2. The van der Waals surface area contributed by atoms with Gasteiger partial charge in [0.25, 0.3) is 0 Å². The lowest BCUT2D eigenvalue weighted by Crippen LogP contribution is -2.44. The molecule has 2 N–H and O–H groups in total. The summed E-state index contributed by atoms with van der Waals surface area (Å²) < 4.78 is 18.2. The van der Waals surface area contributed by atoms with Crippen molar-refractivity contribution in [2.75, 3.05) is 13.2 Å². The van der Waals surface area contributed by atoms with E-state index in [9.17, 15) is 9.18 Å². The Kier molecular flexibility index (Phi) is 2.78. The van der Waals surface area contributed by atoms with Gasteiger partial charge in [0.15, 0.2) is 5.78 Å². The summed E-state index contributed by atoms with van der Waals surface area (Å²) in [5.74, 6) is -0.570. The monoisotopic (exact) mass is 223 g/mol. The number of ether oxygens (including phenoxy) is 1. The first-order valence-corrected chi connectivity index (χ1v) is 5.18. The lowest BCUT2D eigenvalue weighted by Gasteiger charge is -2.25. The van der Waals surface area contributed by atoms with Gasteiger partial charge in [0.05, 0.1) is 18.6 Å². The summed E-state index contributed by atoms with van der Waals surface area (Å²) in [4.78, 5) is 12.2. The van der Waals surface area contributed by atoms with Crippen molar-refractivity contribution in [1.82, 2.24) is 0 Å². The smallest absolute Gasteiger partial charge is 0.172 e.